The van der Waals surface area contributed by atoms with Gasteiger partial charge in [0.1, 0.15) is 24.6 Å². The Labute approximate surface area is 647 Å². The summed E-state index contributed by atoms with van der Waals surface area (Å²) in [6.07, 6.45) is 19.1. The molecule has 15 nitrogen and oxygen atoms in total. The van der Waals surface area contributed by atoms with Gasteiger partial charge in [-0.1, -0.05) is 153 Å². The third kappa shape index (κ3) is 17.9. The molecule has 109 heavy (non-hydrogen) atoms. The summed E-state index contributed by atoms with van der Waals surface area (Å²) < 4.78 is 25.6. The number of hydrogen-bond donors (Lipinski definition) is 3. The number of nitrogens with two attached hydrogens (primary N) is 1. The van der Waals surface area contributed by atoms with Crippen molar-refractivity contribution in [1.29, 1.82) is 0 Å². The molecule has 0 radical (unpaired) electrons. The number of methoxy groups -OCH3 is 4. The molecule has 4 aromatic heterocycles. The molecule has 14 rings (SSSR count). The van der Waals surface area contributed by atoms with E-state index < -0.39 is 5.97 Å². The number of esters is 2. The Hall–Kier alpha value is -11.1. The number of aromatic nitrogens is 4. The Bertz CT molecular complexity index is 5320. The number of ether oxygens (including phenoxy) is 4. The van der Waals surface area contributed by atoms with Gasteiger partial charge in [0.25, 0.3) is 5.91 Å². The molecule has 0 spiro atoms. The third-order valence-electron chi connectivity index (χ3n) is 20.7. The van der Waals surface area contributed by atoms with Crippen molar-refractivity contribution in [2.45, 2.75) is 108 Å². The van der Waals surface area contributed by atoms with E-state index in [1.54, 1.807) is 32.4 Å². The lowest BCUT2D eigenvalue weighted by Gasteiger charge is -2.24. The van der Waals surface area contributed by atoms with E-state index in [0.717, 1.165) is 187 Å². The molecular weight excluding hydrogens is 1400 g/mol. The minimum Gasteiger partial charge on any atom is -0.497 e. The minimum atomic E-state index is -0.420. The second-order valence-electron chi connectivity index (χ2n) is 27.6. The Balaban J connectivity index is 0.000000192. The molecule has 0 bridgehead atoms. The second kappa shape index (κ2) is 36.7. The van der Waals surface area contributed by atoms with Crippen LogP contribution >= 0.6 is 23.2 Å². The van der Waals surface area contributed by atoms with Crippen LogP contribution in [0.25, 0.3) is 111 Å². The number of fused-ring (bicyclic) bond motifs is 4. The molecule has 0 atom stereocenters. The van der Waals surface area contributed by atoms with E-state index >= 15 is 0 Å². The Morgan fingerprint density at radius 1 is 0.477 bits per heavy atom. The summed E-state index contributed by atoms with van der Waals surface area (Å²) in [7, 11) is 6.10. The lowest BCUT2D eigenvalue weighted by atomic mass is 9.81. The number of halogens is 2. The summed E-state index contributed by atoms with van der Waals surface area (Å²) >= 11 is 12.4. The fraction of sp³-hybridized carbons (Fsp3) is 0.261. The lowest BCUT2D eigenvalue weighted by molar-refractivity contribution is -0.141. The molecule has 12 aromatic rings. The predicted molar refractivity (Wildman–Crippen MR) is 444 cm³/mol. The summed E-state index contributed by atoms with van der Waals surface area (Å²) in [6, 6.07) is 60.2. The highest BCUT2D eigenvalue weighted by Gasteiger charge is 2.31. The molecule has 0 saturated heterocycles. The van der Waals surface area contributed by atoms with Gasteiger partial charge in [-0.3, -0.25) is 14.4 Å². The van der Waals surface area contributed by atoms with Crippen LogP contribution in [0, 0.1) is 0 Å². The molecule has 4 heterocycles. The van der Waals surface area contributed by atoms with Gasteiger partial charge in [-0.2, -0.15) is 0 Å². The number of nitrogens with one attached hydrogen (secondary N) is 2. The third-order valence-corrected chi connectivity index (χ3v) is 21.2. The molecule has 2 aliphatic carbocycles. The number of carbonyl (C=O) groups is 4. The van der Waals surface area contributed by atoms with E-state index in [2.05, 4.69) is 95.6 Å². The maximum absolute atomic E-state index is 13.6. The van der Waals surface area contributed by atoms with Crippen molar-refractivity contribution in [3.05, 3.63) is 252 Å². The van der Waals surface area contributed by atoms with E-state index in [0.29, 0.717) is 58.9 Å². The normalized spacial score (nSPS) is 13.0. The van der Waals surface area contributed by atoms with Crippen molar-refractivity contribution in [3.8, 4) is 78.8 Å². The zero-order valence-electron chi connectivity index (χ0n) is 62.4. The molecular formula is C92H93Cl2N7O8. The fourth-order valence-electron chi connectivity index (χ4n) is 15.2. The molecule has 2 amide bonds. The molecule has 8 aromatic carbocycles. The summed E-state index contributed by atoms with van der Waals surface area (Å²) in [4.78, 5) is 62.7. The summed E-state index contributed by atoms with van der Waals surface area (Å²) in [5.74, 6) is 1.14. The van der Waals surface area contributed by atoms with Crippen LogP contribution in [0.2, 0.25) is 10.0 Å². The molecule has 0 unspecified atom stereocenters. The smallest absolute Gasteiger partial charge is 0.337 e. The van der Waals surface area contributed by atoms with Gasteiger partial charge in [-0.05, 0) is 217 Å². The molecule has 2 saturated carbocycles. The monoisotopic (exact) mass is 1490 g/mol. The summed E-state index contributed by atoms with van der Waals surface area (Å²) in [5.41, 5.74) is 23.6. The topological polar surface area (TPSA) is 191 Å². The van der Waals surface area contributed by atoms with Crippen LogP contribution in [0.15, 0.2) is 220 Å². The van der Waals surface area contributed by atoms with Crippen molar-refractivity contribution >= 4 is 90.6 Å². The average molecular weight is 1500 g/mol. The molecule has 2 fully saturated rings. The van der Waals surface area contributed by atoms with Crippen LogP contribution in [-0.4, -0.2) is 90.9 Å². The van der Waals surface area contributed by atoms with Gasteiger partial charge >= 0.3 is 11.9 Å². The van der Waals surface area contributed by atoms with Crippen LogP contribution in [-0.2, 0) is 32.2 Å². The zero-order valence-corrected chi connectivity index (χ0v) is 64.0. The predicted octanol–water partition coefficient (Wildman–Crippen LogP) is 21.3. The van der Waals surface area contributed by atoms with Crippen LogP contribution in [0.1, 0.15) is 127 Å². The average Bonchev–Trinajstić information content (AvgIpc) is 1.60. The molecule has 0 aliphatic heterocycles. The first-order chi connectivity index (χ1) is 53.2. The first kappa shape index (κ1) is 77.5. The van der Waals surface area contributed by atoms with E-state index in [9.17, 15) is 19.2 Å². The van der Waals surface area contributed by atoms with Crippen LogP contribution < -0.4 is 25.8 Å². The highest BCUT2D eigenvalue weighted by Crippen LogP contribution is 2.48. The van der Waals surface area contributed by atoms with Crippen molar-refractivity contribution in [2.24, 2.45) is 5.73 Å². The van der Waals surface area contributed by atoms with E-state index in [4.69, 9.17) is 57.9 Å². The number of amides is 2. The van der Waals surface area contributed by atoms with Crippen LogP contribution in [0.5, 0.6) is 11.5 Å². The quantitative estimate of drug-likeness (QED) is 0.0296. The number of carbonyl (C=O) groups excluding carboxylic acids is 4. The van der Waals surface area contributed by atoms with Gasteiger partial charge in [0.05, 0.1) is 78.8 Å². The SMILES string of the molecule is C=CCCN.C=CCCNC(=O)Cn1c(-c2ccc3nc(-c4cc(OC)ccc4-c4ccc(Cl)cc4)ccc3c2)c(C2CCCCC2)c2ccc(C(=O)NCCC=C)cc21.COC(=O)Cn1c(-c2ccc3nc(-c4cc(OC)ccc4-c4ccc(Cl)cc4)ccc3c2)c(C2CCCCC2)c2ccc(C(=O)OC)cc21. The standard InChI is InChI=1S/C47H47ClN4O3.C41H37ClN2O5.C4H9N/c1-4-6-25-49-44(53)30-52-43-28-35(47(54)50-26-7-5-2)15-21-39(43)45(32-11-9-8-10-12-32)46(52)34-17-23-41-33(27-34)16-24-42(51-41)40-29-37(55-3)20-22-38(40)31-13-18-36(48)19-14-31;1-47-31-16-18-32(25-9-14-30(42)15-10-25)34(23-31)36-20-12-27-21-28(13-19-35(27)43-36)40-39(26-7-5-4-6-8-26)33-17-11-29(41(46)49-3)22-37(33)44(40)24-38(45)48-2;1-2-3-4-5/h4-5,13-24,27-29,32H,1-2,6-12,25-26,30H2,3H3,(H,49,53)(H,50,54);9-23,26H,4-8,24H2,1-3H3;2H,1,3-5H2. The van der Waals surface area contributed by atoms with Crippen LogP contribution in [0.3, 0.4) is 0 Å². The van der Waals surface area contributed by atoms with Gasteiger partial charge in [0.15, 0.2) is 0 Å². The van der Waals surface area contributed by atoms with Crippen molar-refractivity contribution in [2.75, 3.05) is 48.1 Å². The largest absolute Gasteiger partial charge is 0.497 e. The molecule has 558 valence electrons. The van der Waals surface area contributed by atoms with E-state index in [1.807, 2.05) is 126 Å². The fourth-order valence-corrected chi connectivity index (χ4v) is 15.5. The maximum Gasteiger partial charge on any atom is 0.337 e. The van der Waals surface area contributed by atoms with Crippen molar-refractivity contribution in [1.82, 2.24) is 29.7 Å². The molecule has 4 N–H and O–H groups in total. The first-order valence-corrected chi connectivity index (χ1v) is 38.2. The summed E-state index contributed by atoms with van der Waals surface area (Å²) in [5, 5.41) is 11.5. The van der Waals surface area contributed by atoms with Crippen molar-refractivity contribution < 1.29 is 38.1 Å². The summed E-state index contributed by atoms with van der Waals surface area (Å²) in [6.45, 7) is 12.9. The van der Waals surface area contributed by atoms with Crippen molar-refractivity contribution in [3.63, 3.8) is 0 Å². The van der Waals surface area contributed by atoms with E-state index in [1.165, 1.54) is 38.2 Å². The van der Waals surface area contributed by atoms with Gasteiger partial charge in [-0.25, -0.2) is 14.8 Å². The molecule has 17 heteroatoms. The minimum absolute atomic E-state index is 0.0121. The number of nitrogens with zero attached hydrogens (tertiary/aromatic N) is 4. The first-order valence-electron chi connectivity index (χ1n) is 37.4. The zero-order chi connectivity index (χ0) is 76.5. The van der Waals surface area contributed by atoms with Gasteiger partial charge in [-0.15, -0.1) is 19.7 Å². The van der Waals surface area contributed by atoms with Gasteiger partial charge < -0.3 is 44.4 Å². The lowest BCUT2D eigenvalue weighted by Crippen LogP contribution is -2.28. The highest BCUT2D eigenvalue weighted by molar-refractivity contribution is 6.31. The number of benzene rings is 8. The Morgan fingerprint density at radius 3 is 1.37 bits per heavy atom. The number of pyridine rings is 2. The Morgan fingerprint density at radius 2 is 0.927 bits per heavy atom. The van der Waals surface area contributed by atoms with Gasteiger partial charge in [0.2, 0.25) is 5.91 Å². The highest BCUT2D eigenvalue weighted by atomic mass is 35.5. The van der Waals surface area contributed by atoms with Gasteiger partial charge in [0, 0.05) is 61.4 Å². The molecule has 2 aliphatic rings. The maximum atomic E-state index is 13.6. The van der Waals surface area contributed by atoms with Crippen LogP contribution in [0.4, 0.5) is 0 Å². The van der Waals surface area contributed by atoms with E-state index in [-0.39, 0.29) is 30.9 Å². The number of rotatable bonds is 24. The second-order valence-corrected chi connectivity index (χ2v) is 28.4. The Kier molecular flexibility index (Phi) is 26.1. The number of hydrogen-bond acceptors (Lipinski definition) is 11.